The van der Waals surface area contributed by atoms with E-state index in [-0.39, 0.29) is 6.42 Å². The normalized spacial score (nSPS) is 13.2. The fraction of sp³-hybridized carbons (Fsp3) is 0.750. The first-order chi connectivity index (χ1) is 5.50. The number of rotatable bonds is 5. The minimum absolute atomic E-state index is 0.00514. The molecule has 0 saturated heterocycles. The minimum Gasteiger partial charge on any atom is -0.204 e. The molecular weight excluding hydrogens is 172 g/mol. The van der Waals surface area contributed by atoms with Crippen molar-refractivity contribution in [3.05, 3.63) is 12.2 Å². The largest absolute Gasteiger partial charge is 0.307 e. The molecule has 0 unspecified atom stereocenters. The van der Waals surface area contributed by atoms with Gasteiger partial charge in [-0.3, -0.25) is 0 Å². The Labute approximate surface area is 69.3 Å². The standard InChI is InChI=1S/C8H12F4/c1-2-3-4-5-6-8(11,12)7(9)10/h3-4,7H,2,5-6H2,1H3/b4-3-. The van der Waals surface area contributed by atoms with Crippen LogP contribution in [0.4, 0.5) is 17.6 Å². The molecule has 0 fully saturated rings. The van der Waals surface area contributed by atoms with Crippen LogP contribution in [0.2, 0.25) is 0 Å². The Bertz CT molecular complexity index is 140. The molecule has 0 heterocycles. The van der Waals surface area contributed by atoms with Gasteiger partial charge in [0.15, 0.2) is 0 Å². The molecule has 0 amide bonds. The van der Waals surface area contributed by atoms with Crippen LogP contribution in [0.5, 0.6) is 0 Å². The van der Waals surface area contributed by atoms with Crippen LogP contribution in [-0.2, 0) is 0 Å². The maximum atomic E-state index is 12.2. The molecule has 0 bridgehead atoms. The number of halogens is 4. The fourth-order valence-corrected chi connectivity index (χ4v) is 0.669. The fourth-order valence-electron chi connectivity index (χ4n) is 0.669. The summed E-state index contributed by atoms with van der Waals surface area (Å²) in [6, 6.07) is 0. The summed E-state index contributed by atoms with van der Waals surface area (Å²) in [6.45, 7) is 1.85. The van der Waals surface area contributed by atoms with E-state index in [2.05, 4.69) is 0 Å². The van der Waals surface area contributed by atoms with Crippen LogP contribution in [0.25, 0.3) is 0 Å². The SMILES string of the molecule is CC/C=C\CCC(F)(F)C(F)F. The number of hydrogen-bond acceptors (Lipinski definition) is 0. The zero-order valence-corrected chi connectivity index (χ0v) is 6.87. The van der Waals surface area contributed by atoms with E-state index in [1.165, 1.54) is 6.08 Å². The summed E-state index contributed by atoms with van der Waals surface area (Å²) in [4.78, 5) is 0. The third-order valence-corrected chi connectivity index (χ3v) is 1.37. The Kier molecular flexibility index (Phi) is 4.93. The quantitative estimate of drug-likeness (QED) is 0.452. The van der Waals surface area contributed by atoms with Gasteiger partial charge in [-0.15, -0.1) is 0 Å². The summed E-state index contributed by atoms with van der Waals surface area (Å²) in [5, 5.41) is 0. The lowest BCUT2D eigenvalue weighted by Crippen LogP contribution is -2.25. The Morgan fingerprint density at radius 3 is 2.25 bits per heavy atom. The van der Waals surface area contributed by atoms with Gasteiger partial charge >= 0.3 is 12.3 Å². The number of hydrogen-bond donors (Lipinski definition) is 0. The van der Waals surface area contributed by atoms with Gasteiger partial charge in [-0.05, 0) is 12.8 Å². The number of alkyl halides is 4. The lowest BCUT2D eigenvalue weighted by molar-refractivity contribution is -0.132. The molecule has 72 valence electrons. The van der Waals surface area contributed by atoms with Crippen molar-refractivity contribution in [3.8, 4) is 0 Å². The summed E-state index contributed by atoms with van der Waals surface area (Å²) in [6.07, 6.45) is -0.405. The average Bonchev–Trinajstić information content (AvgIpc) is 1.98. The lowest BCUT2D eigenvalue weighted by Gasteiger charge is -2.13. The molecule has 0 N–H and O–H groups in total. The zero-order valence-electron chi connectivity index (χ0n) is 6.87. The van der Waals surface area contributed by atoms with Gasteiger partial charge < -0.3 is 0 Å². The van der Waals surface area contributed by atoms with Gasteiger partial charge in [0, 0.05) is 6.42 Å². The molecule has 0 aliphatic heterocycles. The first-order valence-corrected chi connectivity index (χ1v) is 3.81. The van der Waals surface area contributed by atoms with E-state index in [4.69, 9.17) is 0 Å². The minimum atomic E-state index is -3.84. The van der Waals surface area contributed by atoms with Gasteiger partial charge in [-0.25, -0.2) is 17.6 Å². The lowest BCUT2D eigenvalue weighted by atomic mass is 10.2. The highest BCUT2D eigenvalue weighted by atomic mass is 19.3. The van der Waals surface area contributed by atoms with Crippen molar-refractivity contribution >= 4 is 0 Å². The molecular formula is C8H12F4. The molecule has 0 radical (unpaired) electrons. The molecule has 0 atom stereocenters. The van der Waals surface area contributed by atoms with Crippen molar-refractivity contribution in [2.24, 2.45) is 0 Å². The Hall–Kier alpha value is -0.540. The van der Waals surface area contributed by atoms with Crippen LogP contribution in [0, 0.1) is 0 Å². The third kappa shape index (κ3) is 4.36. The maximum absolute atomic E-state index is 12.2. The van der Waals surface area contributed by atoms with Crippen LogP contribution in [0.15, 0.2) is 12.2 Å². The second-order valence-corrected chi connectivity index (χ2v) is 2.48. The maximum Gasteiger partial charge on any atom is 0.307 e. The molecule has 4 heteroatoms. The molecule has 0 spiro atoms. The van der Waals surface area contributed by atoms with Crippen molar-refractivity contribution in [3.63, 3.8) is 0 Å². The Morgan fingerprint density at radius 2 is 1.83 bits per heavy atom. The van der Waals surface area contributed by atoms with Crippen molar-refractivity contribution < 1.29 is 17.6 Å². The summed E-state index contributed by atoms with van der Waals surface area (Å²) in [5.41, 5.74) is 0. The first kappa shape index (κ1) is 11.5. The van der Waals surface area contributed by atoms with Crippen molar-refractivity contribution in [2.45, 2.75) is 38.5 Å². The molecule has 0 saturated carbocycles. The highest BCUT2D eigenvalue weighted by molar-refractivity contribution is 4.83. The van der Waals surface area contributed by atoms with E-state index in [0.29, 0.717) is 0 Å². The van der Waals surface area contributed by atoms with Crippen molar-refractivity contribution in [2.75, 3.05) is 0 Å². The number of allylic oxidation sites excluding steroid dienone is 2. The highest BCUT2D eigenvalue weighted by Crippen LogP contribution is 2.27. The topological polar surface area (TPSA) is 0 Å². The van der Waals surface area contributed by atoms with Crippen molar-refractivity contribution in [1.29, 1.82) is 0 Å². The van der Waals surface area contributed by atoms with Gasteiger partial charge in [0.25, 0.3) is 0 Å². The predicted octanol–water partition coefficient (Wildman–Crippen LogP) is 3.63. The zero-order chi connectivity index (χ0) is 9.61. The summed E-state index contributed by atoms with van der Waals surface area (Å²) in [5.74, 6) is -3.84. The van der Waals surface area contributed by atoms with Crippen LogP contribution in [0.3, 0.4) is 0 Å². The molecule has 0 aromatic heterocycles. The van der Waals surface area contributed by atoms with Crippen LogP contribution >= 0.6 is 0 Å². The van der Waals surface area contributed by atoms with E-state index in [1.807, 2.05) is 6.92 Å². The second-order valence-electron chi connectivity index (χ2n) is 2.48. The molecule has 0 rings (SSSR count). The summed E-state index contributed by atoms with van der Waals surface area (Å²) < 4.78 is 47.5. The van der Waals surface area contributed by atoms with Gasteiger partial charge in [-0.2, -0.15) is 0 Å². The smallest absolute Gasteiger partial charge is 0.204 e. The average molecular weight is 184 g/mol. The Morgan fingerprint density at radius 1 is 1.25 bits per heavy atom. The van der Waals surface area contributed by atoms with Crippen molar-refractivity contribution in [1.82, 2.24) is 0 Å². The van der Waals surface area contributed by atoms with Gasteiger partial charge in [-0.1, -0.05) is 19.1 Å². The summed E-state index contributed by atoms with van der Waals surface area (Å²) >= 11 is 0. The third-order valence-electron chi connectivity index (χ3n) is 1.37. The predicted molar refractivity (Wildman–Crippen MR) is 39.6 cm³/mol. The van der Waals surface area contributed by atoms with E-state index in [9.17, 15) is 17.6 Å². The highest BCUT2D eigenvalue weighted by Gasteiger charge is 2.39. The molecule has 12 heavy (non-hydrogen) atoms. The van der Waals surface area contributed by atoms with E-state index in [0.717, 1.165) is 6.42 Å². The molecule has 0 aromatic rings. The van der Waals surface area contributed by atoms with Crippen LogP contribution < -0.4 is 0 Å². The van der Waals surface area contributed by atoms with E-state index < -0.39 is 18.8 Å². The van der Waals surface area contributed by atoms with Gasteiger partial charge in [0.05, 0.1) is 0 Å². The Balaban J connectivity index is 3.68. The first-order valence-electron chi connectivity index (χ1n) is 3.81. The molecule has 0 aromatic carbocycles. The summed E-state index contributed by atoms with van der Waals surface area (Å²) in [7, 11) is 0. The molecule has 0 aliphatic carbocycles. The van der Waals surface area contributed by atoms with Gasteiger partial charge in [0.1, 0.15) is 0 Å². The van der Waals surface area contributed by atoms with Crippen LogP contribution in [0.1, 0.15) is 26.2 Å². The molecule has 0 nitrogen and oxygen atoms in total. The monoisotopic (exact) mass is 184 g/mol. The van der Waals surface area contributed by atoms with Crippen LogP contribution in [-0.4, -0.2) is 12.3 Å². The second kappa shape index (κ2) is 5.17. The van der Waals surface area contributed by atoms with Gasteiger partial charge in [0.2, 0.25) is 0 Å². The van der Waals surface area contributed by atoms with E-state index >= 15 is 0 Å². The molecule has 0 aliphatic rings. The van der Waals surface area contributed by atoms with E-state index in [1.54, 1.807) is 6.08 Å².